The second kappa shape index (κ2) is 4.45. The van der Waals surface area contributed by atoms with E-state index in [4.69, 9.17) is 4.74 Å². The van der Waals surface area contributed by atoms with Gasteiger partial charge in [0.1, 0.15) is 0 Å². The van der Waals surface area contributed by atoms with E-state index in [0.717, 1.165) is 12.8 Å². The Balaban J connectivity index is 2.35. The van der Waals surface area contributed by atoms with Crippen molar-refractivity contribution in [2.45, 2.75) is 45.2 Å². The molecule has 1 rings (SSSR count). The van der Waals surface area contributed by atoms with Gasteiger partial charge in [-0.05, 0) is 26.7 Å². The summed E-state index contributed by atoms with van der Waals surface area (Å²) in [7, 11) is 0. The van der Waals surface area contributed by atoms with Gasteiger partial charge in [-0.1, -0.05) is 0 Å². The van der Waals surface area contributed by atoms with Crippen LogP contribution in [0.2, 0.25) is 0 Å². The SMILES string of the molecule is CCOC(=O)[C@H]1CCC[C@H](C)[NH2+]1. The fourth-order valence-electron chi connectivity index (χ4n) is 1.69. The van der Waals surface area contributed by atoms with Crippen molar-refractivity contribution < 1.29 is 14.8 Å². The molecule has 1 heterocycles. The Morgan fingerprint density at radius 2 is 2.33 bits per heavy atom. The lowest BCUT2D eigenvalue weighted by Crippen LogP contribution is -2.97. The molecule has 0 unspecified atom stereocenters. The number of carbonyl (C=O) groups is 1. The van der Waals surface area contributed by atoms with Crippen LogP contribution in [0.5, 0.6) is 0 Å². The van der Waals surface area contributed by atoms with E-state index in [2.05, 4.69) is 12.2 Å². The molecule has 0 aromatic rings. The highest BCUT2D eigenvalue weighted by Gasteiger charge is 2.28. The molecule has 2 N–H and O–H groups in total. The number of hydrogen-bond donors (Lipinski definition) is 1. The van der Waals surface area contributed by atoms with Crippen LogP contribution in [-0.4, -0.2) is 24.7 Å². The van der Waals surface area contributed by atoms with Crippen molar-refractivity contribution in [3.8, 4) is 0 Å². The maximum absolute atomic E-state index is 11.3. The van der Waals surface area contributed by atoms with Gasteiger partial charge in [0.05, 0.1) is 12.6 Å². The largest absolute Gasteiger partial charge is 0.462 e. The molecule has 3 heteroatoms. The van der Waals surface area contributed by atoms with Crippen molar-refractivity contribution >= 4 is 5.97 Å². The molecule has 1 aliphatic heterocycles. The van der Waals surface area contributed by atoms with E-state index in [1.54, 1.807) is 0 Å². The van der Waals surface area contributed by atoms with Gasteiger partial charge in [-0.25, -0.2) is 4.79 Å². The summed E-state index contributed by atoms with van der Waals surface area (Å²) >= 11 is 0. The van der Waals surface area contributed by atoms with E-state index in [1.807, 2.05) is 6.92 Å². The van der Waals surface area contributed by atoms with Gasteiger partial charge < -0.3 is 10.1 Å². The zero-order valence-corrected chi connectivity index (χ0v) is 7.88. The second-order valence-corrected chi connectivity index (χ2v) is 3.46. The molecule has 0 radical (unpaired) electrons. The van der Waals surface area contributed by atoms with E-state index in [9.17, 15) is 4.79 Å². The Hall–Kier alpha value is -0.570. The molecule has 1 aliphatic rings. The van der Waals surface area contributed by atoms with Crippen molar-refractivity contribution in [1.29, 1.82) is 0 Å². The van der Waals surface area contributed by atoms with Gasteiger partial charge >= 0.3 is 5.97 Å². The molecule has 1 fully saturated rings. The Morgan fingerprint density at radius 1 is 1.58 bits per heavy atom. The van der Waals surface area contributed by atoms with Gasteiger partial charge in [0.2, 0.25) is 0 Å². The highest BCUT2D eigenvalue weighted by Crippen LogP contribution is 2.06. The first kappa shape index (κ1) is 9.52. The number of esters is 1. The van der Waals surface area contributed by atoms with Gasteiger partial charge in [-0.2, -0.15) is 0 Å². The number of carbonyl (C=O) groups excluding carboxylic acids is 1. The van der Waals surface area contributed by atoms with Crippen molar-refractivity contribution in [2.75, 3.05) is 6.61 Å². The van der Waals surface area contributed by atoms with Crippen LogP contribution in [0.3, 0.4) is 0 Å². The third kappa shape index (κ3) is 2.48. The molecule has 2 atom stereocenters. The van der Waals surface area contributed by atoms with Crippen LogP contribution in [0, 0.1) is 0 Å². The van der Waals surface area contributed by atoms with Crippen LogP contribution in [0.15, 0.2) is 0 Å². The summed E-state index contributed by atoms with van der Waals surface area (Å²) in [6, 6.07) is 0.641. The van der Waals surface area contributed by atoms with E-state index in [1.165, 1.54) is 6.42 Å². The molecule has 1 saturated heterocycles. The number of nitrogens with two attached hydrogens (primary N) is 1. The Bertz CT molecular complexity index is 159. The van der Waals surface area contributed by atoms with Crippen LogP contribution >= 0.6 is 0 Å². The Morgan fingerprint density at radius 3 is 2.92 bits per heavy atom. The van der Waals surface area contributed by atoms with Crippen LogP contribution < -0.4 is 5.32 Å². The molecule has 0 saturated carbocycles. The zero-order valence-electron chi connectivity index (χ0n) is 7.88. The standard InChI is InChI=1S/C9H17NO2/c1-3-12-9(11)8-6-4-5-7(2)10-8/h7-8,10H,3-6H2,1-2H3/p+1/t7-,8+/m0/s1. The first-order valence-electron chi connectivity index (χ1n) is 4.75. The second-order valence-electron chi connectivity index (χ2n) is 3.46. The number of quaternary nitrogens is 1. The van der Waals surface area contributed by atoms with Crippen LogP contribution in [0.25, 0.3) is 0 Å². The van der Waals surface area contributed by atoms with Crippen molar-refractivity contribution in [3.63, 3.8) is 0 Å². The molecule has 0 amide bonds. The first-order valence-corrected chi connectivity index (χ1v) is 4.75. The predicted molar refractivity (Wildman–Crippen MR) is 45.7 cm³/mol. The number of rotatable bonds is 2. The van der Waals surface area contributed by atoms with Crippen LogP contribution in [-0.2, 0) is 9.53 Å². The maximum atomic E-state index is 11.3. The summed E-state index contributed by atoms with van der Waals surface area (Å²) in [5.74, 6) is -0.0379. The minimum Gasteiger partial charge on any atom is -0.462 e. The summed E-state index contributed by atoms with van der Waals surface area (Å²) in [6.45, 7) is 4.51. The molecular weight excluding hydrogens is 154 g/mol. The molecule has 0 aromatic heterocycles. The van der Waals surface area contributed by atoms with Crippen molar-refractivity contribution in [3.05, 3.63) is 0 Å². The lowest BCUT2D eigenvalue weighted by molar-refractivity contribution is -0.716. The summed E-state index contributed by atoms with van der Waals surface area (Å²) in [6.07, 6.45) is 3.35. The molecule has 0 spiro atoms. The molecule has 70 valence electrons. The highest BCUT2D eigenvalue weighted by atomic mass is 16.5. The average molecular weight is 172 g/mol. The fourth-order valence-corrected chi connectivity index (χ4v) is 1.69. The van der Waals surface area contributed by atoms with E-state index in [-0.39, 0.29) is 12.0 Å². The van der Waals surface area contributed by atoms with E-state index < -0.39 is 0 Å². The van der Waals surface area contributed by atoms with Crippen LogP contribution in [0.4, 0.5) is 0 Å². The minimum atomic E-state index is -0.0379. The quantitative estimate of drug-likeness (QED) is 0.598. The molecular formula is C9H18NO2+. The Kier molecular flexibility index (Phi) is 3.53. The fraction of sp³-hybridized carbons (Fsp3) is 0.889. The smallest absolute Gasteiger partial charge is 0.364 e. The molecule has 0 bridgehead atoms. The summed E-state index contributed by atoms with van der Waals surface area (Å²) in [4.78, 5) is 11.3. The average Bonchev–Trinajstić information content (AvgIpc) is 2.05. The minimum absolute atomic E-state index is 0.0379. The molecule has 12 heavy (non-hydrogen) atoms. The summed E-state index contributed by atoms with van der Waals surface area (Å²) in [5, 5.41) is 2.13. The topological polar surface area (TPSA) is 42.9 Å². The maximum Gasteiger partial charge on any atom is 0.364 e. The highest BCUT2D eigenvalue weighted by molar-refractivity contribution is 5.74. The van der Waals surface area contributed by atoms with Crippen molar-refractivity contribution in [2.24, 2.45) is 0 Å². The van der Waals surface area contributed by atoms with Gasteiger partial charge in [0.25, 0.3) is 0 Å². The lowest BCUT2D eigenvalue weighted by atomic mass is 10.00. The van der Waals surface area contributed by atoms with Gasteiger partial charge in [-0.15, -0.1) is 0 Å². The van der Waals surface area contributed by atoms with Crippen molar-refractivity contribution in [1.82, 2.24) is 0 Å². The molecule has 0 aromatic carbocycles. The van der Waals surface area contributed by atoms with Gasteiger partial charge in [0, 0.05) is 6.42 Å². The van der Waals surface area contributed by atoms with Crippen LogP contribution in [0.1, 0.15) is 33.1 Å². The van der Waals surface area contributed by atoms with Gasteiger partial charge in [0.15, 0.2) is 6.04 Å². The number of ether oxygens (including phenoxy) is 1. The Labute approximate surface area is 73.5 Å². The summed E-state index contributed by atoms with van der Waals surface area (Å²) < 4.78 is 4.96. The third-order valence-electron chi connectivity index (χ3n) is 2.32. The molecule has 0 aliphatic carbocycles. The number of hydrogen-bond acceptors (Lipinski definition) is 2. The zero-order chi connectivity index (χ0) is 8.97. The predicted octanol–water partition coefficient (Wildman–Crippen LogP) is 0.0539. The van der Waals surface area contributed by atoms with E-state index >= 15 is 0 Å². The number of piperidine rings is 1. The normalized spacial score (nSPS) is 29.8. The summed E-state index contributed by atoms with van der Waals surface area (Å²) in [5.41, 5.74) is 0. The van der Waals surface area contributed by atoms with Gasteiger partial charge in [-0.3, -0.25) is 0 Å². The lowest BCUT2D eigenvalue weighted by Gasteiger charge is -2.23. The van der Waals surface area contributed by atoms with E-state index in [0.29, 0.717) is 12.6 Å². The third-order valence-corrected chi connectivity index (χ3v) is 2.32. The molecule has 3 nitrogen and oxygen atoms in total. The first-order chi connectivity index (χ1) is 5.74. The monoisotopic (exact) mass is 172 g/mol.